The first kappa shape index (κ1) is 13.8. The van der Waals surface area contributed by atoms with Crippen LogP contribution in [0, 0.1) is 13.8 Å². The Morgan fingerprint density at radius 1 is 1.43 bits per heavy atom. The van der Waals surface area contributed by atoms with Crippen LogP contribution in [0.2, 0.25) is 0 Å². The highest BCUT2D eigenvalue weighted by atomic mass is 16.5. The fraction of sp³-hybridized carbons (Fsp3) is 0.571. The van der Waals surface area contributed by atoms with E-state index in [-0.39, 0.29) is 11.8 Å². The highest BCUT2D eigenvalue weighted by molar-refractivity contribution is 5.76. The van der Waals surface area contributed by atoms with E-state index in [4.69, 9.17) is 9.05 Å². The lowest BCUT2D eigenvalue weighted by atomic mass is 10.1. The average molecular weight is 290 g/mol. The van der Waals surface area contributed by atoms with E-state index in [2.05, 4.69) is 15.3 Å². The number of carbonyl (C=O) groups excluding carboxylic acids is 1. The van der Waals surface area contributed by atoms with Crippen molar-refractivity contribution in [3.8, 4) is 0 Å². The van der Waals surface area contributed by atoms with E-state index in [9.17, 15) is 4.79 Å². The molecule has 0 N–H and O–H groups in total. The Morgan fingerprint density at radius 2 is 2.29 bits per heavy atom. The maximum atomic E-state index is 12.3. The van der Waals surface area contributed by atoms with Crippen LogP contribution >= 0.6 is 0 Å². The standard InChI is InChI=1S/C14H18N4O3/c1-9-12(10(2)21-16-9)3-4-13(19)18-6-5-11(7-18)14-15-8-20-17-14/h8,11H,3-7H2,1-2H3/t11-/m0/s1. The van der Waals surface area contributed by atoms with E-state index in [1.807, 2.05) is 18.7 Å². The van der Waals surface area contributed by atoms with Crippen LogP contribution in [-0.4, -0.2) is 39.2 Å². The molecule has 2 aromatic heterocycles. The van der Waals surface area contributed by atoms with Crippen molar-refractivity contribution < 1.29 is 13.8 Å². The molecule has 0 saturated carbocycles. The van der Waals surface area contributed by atoms with Crippen LogP contribution in [0.1, 0.15) is 41.6 Å². The van der Waals surface area contributed by atoms with E-state index >= 15 is 0 Å². The molecule has 112 valence electrons. The van der Waals surface area contributed by atoms with Gasteiger partial charge in [0.15, 0.2) is 5.82 Å². The minimum Gasteiger partial charge on any atom is -0.361 e. The molecule has 0 radical (unpaired) electrons. The Hall–Kier alpha value is -2.18. The van der Waals surface area contributed by atoms with Crippen molar-refractivity contribution in [3.05, 3.63) is 29.2 Å². The van der Waals surface area contributed by atoms with Crippen LogP contribution in [0.3, 0.4) is 0 Å². The molecule has 7 nitrogen and oxygen atoms in total. The van der Waals surface area contributed by atoms with Gasteiger partial charge < -0.3 is 13.9 Å². The summed E-state index contributed by atoms with van der Waals surface area (Å²) in [5.41, 5.74) is 1.91. The summed E-state index contributed by atoms with van der Waals surface area (Å²) in [7, 11) is 0. The Morgan fingerprint density at radius 3 is 2.95 bits per heavy atom. The highest BCUT2D eigenvalue weighted by Gasteiger charge is 2.29. The van der Waals surface area contributed by atoms with Crippen molar-refractivity contribution in [1.29, 1.82) is 0 Å². The summed E-state index contributed by atoms with van der Waals surface area (Å²) in [6.07, 6.45) is 3.36. The molecular formula is C14H18N4O3. The van der Waals surface area contributed by atoms with Crippen molar-refractivity contribution in [2.75, 3.05) is 13.1 Å². The van der Waals surface area contributed by atoms with Gasteiger partial charge in [-0.1, -0.05) is 10.3 Å². The van der Waals surface area contributed by atoms with Gasteiger partial charge in [-0.25, -0.2) is 0 Å². The number of amides is 1. The summed E-state index contributed by atoms with van der Waals surface area (Å²) >= 11 is 0. The minimum absolute atomic E-state index is 0.154. The maximum absolute atomic E-state index is 12.3. The molecule has 3 heterocycles. The molecule has 1 amide bonds. The molecule has 1 fully saturated rings. The smallest absolute Gasteiger partial charge is 0.222 e. The van der Waals surface area contributed by atoms with Gasteiger partial charge in [-0.15, -0.1) is 0 Å². The van der Waals surface area contributed by atoms with Crippen LogP contribution in [-0.2, 0) is 11.2 Å². The molecule has 0 unspecified atom stereocenters. The minimum atomic E-state index is 0.154. The summed E-state index contributed by atoms with van der Waals surface area (Å²) in [4.78, 5) is 18.2. The second kappa shape index (κ2) is 5.67. The van der Waals surface area contributed by atoms with E-state index in [1.54, 1.807) is 0 Å². The molecule has 1 atom stereocenters. The first-order chi connectivity index (χ1) is 10.1. The zero-order chi connectivity index (χ0) is 14.8. The van der Waals surface area contributed by atoms with Crippen molar-refractivity contribution in [1.82, 2.24) is 20.2 Å². The summed E-state index contributed by atoms with van der Waals surface area (Å²) in [5, 5.41) is 7.77. The van der Waals surface area contributed by atoms with E-state index in [0.29, 0.717) is 25.2 Å². The summed E-state index contributed by atoms with van der Waals surface area (Å²) in [6, 6.07) is 0. The Bertz CT molecular complexity index is 601. The molecular weight excluding hydrogens is 272 g/mol. The number of rotatable bonds is 4. The van der Waals surface area contributed by atoms with Crippen LogP contribution < -0.4 is 0 Å². The number of aryl methyl sites for hydroxylation is 2. The number of hydrogen-bond acceptors (Lipinski definition) is 6. The normalized spacial score (nSPS) is 18.4. The quantitative estimate of drug-likeness (QED) is 0.850. The largest absolute Gasteiger partial charge is 0.361 e. The number of nitrogens with zero attached hydrogens (tertiary/aromatic N) is 4. The molecule has 2 aromatic rings. The van der Waals surface area contributed by atoms with Crippen LogP contribution in [0.4, 0.5) is 0 Å². The van der Waals surface area contributed by atoms with Gasteiger partial charge in [-0.05, 0) is 26.7 Å². The van der Waals surface area contributed by atoms with Crippen molar-refractivity contribution in [2.24, 2.45) is 0 Å². The van der Waals surface area contributed by atoms with Crippen LogP contribution in [0.5, 0.6) is 0 Å². The number of carbonyl (C=O) groups is 1. The fourth-order valence-corrected chi connectivity index (χ4v) is 2.81. The summed E-state index contributed by atoms with van der Waals surface area (Å²) in [6.45, 7) is 5.19. The molecule has 1 aliphatic rings. The lowest BCUT2D eigenvalue weighted by molar-refractivity contribution is -0.130. The van der Waals surface area contributed by atoms with Crippen molar-refractivity contribution in [3.63, 3.8) is 0 Å². The molecule has 0 aliphatic carbocycles. The zero-order valence-electron chi connectivity index (χ0n) is 12.2. The van der Waals surface area contributed by atoms with Gasteiger partial charge in [0.25, 0.3) is 0 Å². The molecule has 21 heavy (non-hydrogen) atoms. The van der Waals surface area contributed by atoms with E-state index in [0.717, 1.165) is 30.0 Å². The van der Waals surface area contributed by atoms with Gasteiger partial charge in [-0.3, -0.25) is 4.79 Å². The third-order valence-electron chi connectivity index (χ3n) is 4.05. The first-order valence-electron chi connectivity index (χ1n) is 7.11. The molecule has 3 rings (SSSR count). The van der Waals surface area contributed by atoms with E-state index < -0.39 is 0 Å². The van der Waals surface area contributed by atoms with Crippen molar-refractivity contribution in [2.45, 2.75) is 39.0 Å². The Balaban J connectivity index is 1.55. The maximum Gasteiger partial charge on any atom is 0.222 e. The number of aromatic nitrogens is 3. The summed E-state index contributed by atoms with van der Waals surface area (Å²) < 4.78 is 9.88. The Labute approximate surface area is 122 Å². The van der Waals surface area contributed by atoms with Gasteiger partial charge in [0.05, 0.1) is 5.69 Å². The lowest BCUT2D eigenvalue weighted by Crippen LogP contribution is -2.28. The van der Waals surface area contributed by atoms with Gasteiger partial charge in [-0.2, -0.15) is 4.98 Å². The van der Waals surface area contributed by atoms with Gasteiger partial charge in [0, 0.05) is 31.0 Å². The van der Waals surface area contributed by atoms with Crippen LogP contribution in [0.15, 0.2) is 15.4 Å². The third kappa shape index (κ3) is 2.81. The van der Waals surface area contributed by atoms with E-state index in [1.165, 1.54) is 6.39 Å². The highest BCUT2D eigenvalue weighted by Crippen LogP contribution is 2.25. The molecule has 0 bridgehead atoms. The number of hydrogen-bond donors (Lipinski definition) is 0. The second-order valence-corrected chi connectivity index (χ2v) is 5.42. The van der Waals surface area contributed by atoms with Crippen LogP contribution in [0.25, 0.3) is 0 Å². The molecule has 1 saturated heterocycles. The molecule has 0 aromatic carbocycles. The van der Waals surface area contributed by atoms with Gasteiger partial charge in [0.2, 0.25) is 12.3 Å². The molecule has 0 spiro atoms. The number of likely N-dealkylation sites (tertiary alicyclic amines) is 1. The fourth-order valence-electron chi connectivity index (χ4n) is 2.81. The van der Waals surface area contributed by atoms with Gasteiger partial charge >= 0.3 is 0 Å². The lowest BCUT2D eigenvalue weighted by Gasteiger charge is -2.15. The molecule has 7 heteroatoms. The SMILES string of the molecule is Cc1noc(C)c1CCC(=O)N1CC[C@H](c2ncon2)C1. The van der Waals surface area contributed by atoms with Gasteiger partial charge in [0.1, 0.15) is 5.76 Å². The van der Waals surface area contributed by atoms with Crippen molar-refractivity contribution >= 4 is 5.91 Å². The monoisotopic (exact) mass is 290 g/mol. The average Bonchev–Trinajstić information content (AvgIpc) is 3.18. The topological polar surface area (TPSA) is 85.3 Å². The zero-order valence-corrected chi connectivity index (χ0v) is 12.2. The second-order valence-electron chi connectivity index (χ2n) is 5.42. The molecule has 1 aliphatic heterocycles. The predicted molar refractivity (Wildman–Crippen MR) is 72.5 cm³/mol. The predicted octanol–water partition coefficient (Wildman–Crippen LogP) is 1.62. The third-order valence-corrected chi connectivity index (χ3v) is 4.05. The first-order valence-corrected chi connectivity index (χ1v) is 7.11. The summed E-state index contributed by atoms with van der Waals surface area (Å²) in [5.74, 6) is 1.83. The Kier molecular flexibility index (Phi) is 3.72.